The van der Waals surface area contributed by atoms with Gasteiger partial charge in [-0.1, -0.05) is 19.8 Å². The lowest BCUT2D eigenvalue weighted by Crippen LogP contribution is -2.52. The van der Waals surface area contributed by atoms with Gasteiger partial charge in [-0.3, -0.25) is 9.89 Å². The van der Waals surface area contributed by atoms with Crippen LogP contribution in [0.5, 0.6) is 0 Å². The largest absolute Gasteiger partial charge is 0.357 e. The van der Waals surface area contributed by atoms with E-state index in [0.29, 0.717) is 18.5 Å². The van der Waals surface area contributed by atoms with Crippen molar-refractivity contribution in [1.82, 2.24) is 20.4 Å². The molecule has 1 aliphatic rings. The van der Waals surface area contributed by atoms with Crippen molar-refractivity contribution in [2.75, 3.05) is 52.9 Å². The molecule has 21 heavy (non-hydrogen) atoms. The Kier molecular flexibility index (Phi) is 8.17. The highest BCUT2D eigenvalue weighted by atomic mass is 15.3. The molecule has 1 atom stereocenters. The van der Waals surface area contributed by atoms with Crippen LogP contribution >= 0.6 is 0 Å². The minimum Gasteiger partial charge on any atom is -0.357 e. The molecule has 1 aliphatic heterocycles. The molecule has 0 aromatic carbocycles. The first-order valence-electron chi connectivity index (χ1n) is 7.96. The van der Waals surface area contributed by atoms with Gasteiger partial charge in [-0.05, 0) is 19.9 Å². The molecule has 0 aliphatic carbocycles. The topological polar surface area (TPSA) is 42.9 Å². The van der Waals surface area contributed by atoms with Crippen LogP contribution in [0.4, 0.5) is 0 Å². The van der Waals surface area contributed by atoms with Crippen molar-refractivity contribution < 1.29 is 0 Å². The Labute approximate surface area is 130 Å². The fraction of sp³-hybridized carbons (Fsp3) is 0.812. The highest BCUT2D eigenvalue weighted by Gasteiger charge is 2.24. The summed E-state index contributed by atoms with van der Waals surface area (Å²) in [4.78, 5) is 9.66. The second kappa shape index (κ2) is 9.64. The third kappa shape index (κ3) is 6.36. The molecule has 2 N–H and O–H groups in total. The fourth-order valence-electron chi connectivity index (χ4n) is 2.56. The molecule has 5 nitrogen and oxygen atoms in total. The monoisotopic (exact) mass is 293 g/mol. The van der Waals surface area contributed by atoms with Crippen molar-refractivity contribution in [3.8, 4) is 12.3 Å². The Morgan fingerprint density at radius 2 is 1.90 bits per heavy atom. The molecule has 0 bridgehead atoms. The first-order valence-corrected chi connectivity index (χ1v) is 7.96. The van der Waals surface area contributed by atoms with E-state index in [1.807, 2.05) is 0 Å². The number of aliphatic imine (C=N–C) groups is 1. The summed E-state index contributed by atoms with van der Waals surface area (Å²) in [7, 11) is 2.19. The van der Waals surface area contributed by atoms with Gasteiger partial charge in [-0.2, -0.15) is 0 Å². The summed E-state index contributed by atoms with van der Waals surface area (Å²) in [6.07, 6.45) is 5.30. The number of likely N-dealkylation sites (N-methyl/N-ethyl adjacent to an activating group) is 1. The second-order valence-electron chi connectivity index (χ2n) is 5.93. The number of hydrogen-bond acceptors (Lipinski definition) is 3. The normalized spacial score (nSPS) is 19.3. The predicted molar refractivity (Wildman–Crippen MR) is 90.5 cm³/mol. The summed E-state index contributed by atoms with van der Waals surface area (Å²) in [6, 6.07) is 0.486. The number of guanidine groups is 1. The van der Waals surface area contributed by atoms with Gasteiger partial charge in [-0.15, -0.1) is 6.42 Å². The number of piperazine rings is 1. The molecule has 1 fully saturated rings. The van der Waals surface area contributed by atoms with Crippen molar-refractivity contribution in [2.24, 2.45) is 10.9 Å². The third-order valence-corrected chi connectivity index (χ3v) is 3.92. The maximum absolute atomic E-state index is 5.30. The molecule has 5 heteroatoms. The molecule has 1 saturated heterocycles. The van der Waals surface area contributed by atoms with Gasteiger partial charge in [0, 0.05) is 38.8 Å². The van der Waals surface area contributed by atoms with Crippen LogP contribution in [0.2, 0.25) is 0 Å². The Bertz CT molecular complexity index is 350. The van der Waals surface area contributed by atoms with E-state index in [9.17, 15) is 0 Å². The molecule has 0 saturated carbocycles. The first-order chi connectivity index (χ1) is 10.1. The fourth-order valence-corrected chi connectivity index (χ4v) is 2.56. The summed E-state index contributed by atoms with van der Waals surface area (Å²) in [5, 5.41) is 6.39. The molecule has 0 amide bonds. The minimum absolute atomic E-state index is 0.486. The molecule has 1 rings (SSSR count). The third-order valence-electron chi connectivity index (χ3n) is 3.92. The highest BCUT2D eigenvalue weighted by Crippen LogP contribution is 2.13. The van der Waals surface area contributed by atoms with Gasteiger partial charge in [0.05, 0.1) is 13.1 Å². The number of nitrogens with zero attached hydrogens (tertiary/aromatic N) is 3. The van der Waals surface area contributed by atoms with Gasteiger partial charge in [-0.25, -0.2) is 0 Å². The van der Waals surface area contributed by atoms with Gasteiger partial charge in [0.15, 0.2) is 5.96 Å². The van der Waals surface area contributed by atoms with E-state index in [1.54, 1.807) is 0 Å². The van der Waals surface area contributed by atoms with Gasteiger partial charge >= 0.3 is 0 Å². The van der Waals surface area contributed by atoms with Crippen LogP contribution in [-0.2, 0) is 0 Å². The zero-order chi connectivity index (χ0) is 15.7. The maximum Gasteiger partial charge on any atom is 0.192 e. The van der Waals surface area contributed by atoms with Crippen LogP contribution in [0.15, 0.2) is 4.99 Å². The Morgan fingerprint density at radius 3 is 2.43 bits per heavy atom. The van der Waals surface area contributed by atoms with E-state index < -0.39 is 0 Å². The van der Waals surface area contributed by atoms with Crippen molar-refractivity contribution in [3.63, 3.8) is 0 Å². The van der Waals surface area contributed by atoms with E-state index in [0.717, 1.165) is 45.2 Å². The van der Waals surface area contributed by atoms with Crippen LogP contribution in [0, 0.1) is 18.3 Å². The standard InChI is InChI=1S/C16H31N5/c1-6-8-18-16(17-7-2)19-13-15(14(3)4)21-11-9-20(5)10-12-21/h1,14-15H,7-13H2,2-5H3,(H2,17,18,19). The summed E-state index contributed by atoms with van der Waals surface area (Å²) in [6.45, 7) is 13.3. The molecule has 0 aromatic heterocycles. The second-order valence-corrected chi connectivity index (χ2v) is 5.93. The molecule has 1 unspecified atom stereocenters. The van der Waals surface area contributed by atoms with E-state index in [1.165, 1.54) is 0 Å². The van der Waals surface area contributed by atoms with E-state index in [2.05, 4.69) is 54.2 Å². The Morgan fingerprint density at radius 1 is 1.24 bits per heavy atom. The van der Waals surface area contributed by atoms with Gasteiger partial charge in [0.1, 0.15) is 0 Å². The summed E-state index contributed by atoms with van der Waals surface area (Å²) >= 11 is 0. The predicted octanol–water partition coefficient (Wildman–Crippen LogP) is 0.447. The Hall–Kier alpha value is -1.25. The van der Waals surface area contributed by atoms with Crippen molar-refractivity contribution in [3.05, 3.63) is 0 Å². The molecule has 120 valence electrons. The number of rotatable bonds is 6. The van der Waals surface area contributed by atoms with Crippen molar-refractivity contribution in [1.29, 1.82) is 0 Å². The Balaban J connectivity index is 2.61. The zero-order valence-electron chi connectivity index (χ0n) is 14.0. The van der Waals surface area contributed by atoms with Crippen LogP contribution in [0.1, 0.15) is 20.8 Å². The average molecular weight is 293 g/mol. The summed E-state index contributed by atoms with van der Waals surface area (Å²) < 4.78 is 0. The van der Waals surface area contributed by atoms with Gasteiger partial charge in [0.25, 0.3) is 0 Å². The van der Waals surface area contributed by atoms with E-state index in [-0.39, 0.29) is 0 Å². The van der Waals surface area contributed by atoms with Crippen LogP contribution in [0.3, 0.4) is 0 Å². The number of terminal acetylenes is 1. The lowest BCUT2D eigenvalue weighted by molar-refractivity contribution is 0.0925. The molecule has 0 spiro atoms. The minimum atomic E-state index is 0.486. The molecule has 1 heterocycles. The van der Waals surface area contributed by atoms with Crippen molar-refractivity contribution in [2.45, 2.75) is 26.8 Å². The number of hydrogen-bond donors (Lipinski definition) is 2. The maximum atomic E-state index is 5.30. The average Bonchev–Trinajstić information content (AvgIpc) is 2.46. The molecular weight excluding hydrogens is 262 g/mol. The summed E-state index contributed by atoms with van der Waals surface area (Å²) in [5.74, 6) is 3.99. The molecule has 0 aromatic rings. The quantitative estimate of drug-likeness (QED) is 0.424. The van der Waals surface area contributed by atoms with Gasteiger partial charge in [0.2, 0.25) is 0 Å². The van der Waals surface area contributed by atoms with Crippen LogP contribution in [0.25, 0.3) is 0 Å². The lowest BCUT2D eigenvalue weighted by Gasteiger charge is -2.39. The number of nitrogens with one attached hydrogen (secondary N) is 2. The lowest BCUT2D eigenvalue weighted by atomic mass is 10.0. The van der Waals surface area contributed by atoms with E-state index >= 15 is 0 Å². The van der Waals surface area contributed by atoms with Crippen LogP contribution < -0.4 is 10.6 Å². The summed E-state index contributed by atoms with van der Waals surface area (Å²) in [5.41, 5.74) is 0. The first kappa shape index (κ1) is 17.8. The SMILES string of the molecule is C#CCNC(=NCC(C(C)C)N1CCN(C)CC1)NCC. The van der Waals surface area contributed by atoms with E-state index in [4.69, 9.17) is 11.4 Å². The zero-order valence-corrected chi connectivity index (χ0v) is 14.0. The highest BCUT2D eigenvalue weighted by molar-refractivity contribution is 5.80. The van der Waals surface area contributed by atoms with Crippen LogP contribution in [-0.4, -0.2) is 74.7 Å². The van der Waals surface area contributed by atoms with Crippen molar-refractivity contribution >= 4 is 5.96 Å². The smallest absolute Gasteiger partial charge is 0.192 e. The molecular formula is C16H31N5. The molecule has 0 radical (unpaired) electrons. The van der Waals surface area contributed by atoms with Gasteiger partial charge < -0.3 is 15.5 Å².